The van der Waals surface area contributed by atoms with Crippen molar-refractivity contribution in [2.75, 3.05) is 37.5 Å². The summed E-state index contributed by atoms with van der Waals surface area (Å²) in [6.07, 6.45) is 1.68. The molecule has 3 aromatic rings. The molecule has 29 heavy (non-hydrogen) atoms. The van der Waals surface area contributed by atoms with E-state index in [1.54, 1.807) is 11.9 Å². The first kappa shape index (κ1) is 20.8. The van der Waals surface area contributed by atoms with E-state index < -0.39 is 0 Å². The van der Waals surface area contributed by atoms with Gasteiger partial charge in [-0.05, 0) is 24.1 Å². The Bertz CT molecular complexity index is 1040. The van der Waals surface area contributed by atoms with E-state index in [0.717, 1.165) is 29.8 Å². The van der Waals surface area contributed by atoms with Gasteiger partial charge in [-0.15, -0.1) is 5.10 Å². The van der Waals surface area contributed by atoms with Crippen molar-refractivity contribution in [2.45, 2.75) is 26.3 Å². The van der Waals surface area contributed by atoms with Crippen LogP contribution in [0.4, 0.5) is 10.8 Å². The Labute approximate surface area is 173 Å². The van der Waals surface area contributed by atoms with E-state index >= 15 is 0 Å². The third kappa shape index (κ3) is 5.11. The molecule has 154 valence electrons. The van der Waals surface area contributed by atoms with Crippen molar-refractivity contribution >= 4 is 33.0 Å². The number of carbonyl (C=O) groups excluding carboxylic acids is 1. The molecule has 0 saturated heterocycles. The number of aryl methyl sites for hydroxylation is 1. The number of rotatable bonds is 8. The van der Waals surface area contributed by atoms with Crippen molar-refractivity contribution < 1.29 is 4.79 Å². The Morgan fingerprint density at radius 1 is 1.21 bits per heavy atom. The summed E-state index contributed by atoms with van der Waals surface area (Å²) in [6, 6.07) is 9.56. The first-order valence-electron chi connectivity index (χ1n) is 9.51. The zero-order chi connectivity index (χ0) is 21.0. The van der Waals surface area contributed by atoms with Crippen LogP contribution < -0.4 is 20.7 Å². The third-order valence-electron chi connectivity index (χ3n) is 4.44. The van der Waals surface area contributed by atoms with Gasteiger partial charge in [-0.25, -0.2) is 4.98 Å². The number of anilines is 2. The van der Waals surface area contributed by atoms with Gasteiger partial charge in [0, 0.05) is 45.1 Å². The van der Waals surface area contributed by atoms with Crippen molar-refractivity contribution in [1.82, 2.24) is 19.9 Å². The molecule has 0 saturated carbocycles. The third-order valence-corrected chi connectivity index (χ3v) is 5.47. The average molecular weight is 415 g/mol. The maximum atomic E-state index is 12.3. The van der Waals surface area contributed by atoms with Crippen LogP contribution in [-0.2, 0) is 17.8 Å². The number of hydrogen-bond acceptors (Lipinski definition) is 7. The Hall–Kier alpha value is -2.94. The van der Waals surface area contributed by atoms with Crippen molar-refractivity contribution in [2.24, 2.45) is 0 Å². The van der Waals surface area contributed by atoms with E-state index in [0.29, 0.717) is 16.6 Å². The van der Waals surface area contributed by atoms with Crippen molar-refractivity contribution in [3.05, 3.63) is 51.9 Å². The molecule has 2 heterocycles. The molecule has 2 aromatic heterocycles. The Kier molecular flexibility index (Phi) is 6.48. The predicted octanol–water partition coefficient (Wildman–Crippen LogP) is 1.92. The van der Waals surface area contributed by atoms with Gasteiger partial charge in [0.15, 0.2) is 0 Å². The number of nitrogens with zero attached hydrogens (tertiary/aromatic N) is 5. The van der Waals surface area contributed by atoms with Crippen LogP contribution >= 0.6 is 11.3 Å². The molecular formula is C20H26N6O2S. The van der Waals surface area contributed by atoms with Gasteiger partial charge in [-0.1, -0.05) is 36.8 Å². The smallest absolute Gasteiger partial charge is 0.275 e. The number of amides is 1. The number of aromatic nitrogens is 3. The van der Waals surface area contributed by atoms with Gasteiger partial charge in [0.25, 0.3) is 5.56 Å². The summed E-state index contributed by atoms with van der Waals surface area (Å²) < 4.78 is 1.29. The summed E-state index contributed by atoms with van der Waals surface area (Å²) in [6.45, 7) is 2.65. The Morgan fingerprint density at radius 3 is 2.59 bits per heavy atom. The first-order valence-corrected chi connectivity index (χ1v) is 10.3. The second-order valence-electron chi connectivity index (χ2n) is 7.11. The lowest BCUT2D eigenvalue weighted by Gasteiger charge is -2.15. The molecule has 1 N–H and O–H groups in total. The number of hydrogen-bond donors (Lipinski definition) is 1. The number of nitrogens with one attached hydrogen (secondary N) is 1. The topological polar surface area (TPSA) is 82.8 Å². The van der Waals surface area contributed by atoms with E-state index in [-0.39, 0.29) is 18.0 Å². The molecular weight excluding hydrogens is 388 g/mol. The zero-order valence-corrected chi connectivity index (χ0v) is 18.0. The van der Waals surface area contributed by atoms with Gasteiger partial charge in [0.1, 0.15) is 0 Å². The number of benzene rings is 1. The highest BCUT2D eigenvalue weighted by Gasteiger charge is 2.14. The lowest BCUT2D eigenvalue weighted by molar-refractivity contribution is -0.119. The highest BCUT2D eigenvalue weighted by atomic mass is 32.1. The maximum absolute atomic E-state index is 12.3. The first-order chi connectivity index (χ1) is 13.9. The molecule has 0 atom stereocenters. The van der Waals surface area contributed by atoms with E-state index in [1.807, 2.05) is 50.2 Å². The largest absolute Gasteiger partial charge is 0.378 e. The second kappa shape index (κ2) is 9.04. The fraction of sp³-hybridized carbons (Fsp3) is 0.400. The number of carbonyl (C=O) groups is 1. The predicted molar refractivity (Wildman–Crippen MR) is 117 cm³/mol. The number of likely N-dealkylation sites (N-methyl/N-ethyl adjacent to an activating group) is 1. The van der Waals surface area contributed by atoms with Gasteiger partial charge in [0.2, 0.25) is 16.0 Å². The maximum Gasteiger partial charge on any atom is 0.275 e. The summed E-state index contributed by atoms with van der Waals surface area (Å²) >= 11 is 1.30. The van der Waals surface area contributed by atoms with Crippen LogP contribution in [0, 0.1) is 0 Å². The minimum atomic E-state index is -0.194. The summed E-state index contributed by atoms with van der Waals surface area (Å²) in [4.78, 5) is 33.3. The van der Waals surface area contributed by atoms with Crippen LogP contribution in [0.25, 0.3) is 4.96 Å². The van der Waals surface area contributed by atoms with Crippen LogP contribution in [0.1, 0.15) is 24.6 Å². The highest BCUT2D eigenvalue weighted by Crippen LogP contribution is 2.20. The van der Waals surface area contributed by atoms with E-state index in [9.17, 15) is 9.59 Å². The van der Waals surface area contributed by atoms with E-state index in [4.69, 9.17) is 0 Å². The molecule has 0 fully saturated rings. The SMILES string of the molecule is CCCc1cc(=O)n2nc(N(C)CC(=O)NCc3ccc(N(C)C)cc3)sc2n1. The van der Waals surface area contributed by atoms with Crippen LogP contribution in [0.5, 0.6) is 0 Å². The highest BCUT2D eigenvalue weighted by molar-refractivity contribution is 7.20. The molecule has 0 unspecified atom stereocenters. The van der Waals surface area contributed by atoms with E-state index in [1.165, 1.54) is 21.9 Å². The lowest BCUT2D eigenvalue weighted by Crippen LogP contribution is -2.34. The molecule has 0 aliphatic carbocycles. The van der Waals surface area contributed by atoms with Crippen molar-refractivity contribution in [3.63, 3.8) is 0 Å². The van der Waals surface area contributed by atoms with Crippen molar-refractivity contribution in [3.8, 4) is 0 Å². The molecule has 1 amide bonds. The minimum Gasteiger partial charge on any atom is -0.378 e. The summed E-state index contributed by atoms with van der Waals surface area (Å²) in [7, 11) is 5.76. The average Bonchev–Trinajstić information content (AvgIpc) is 3.12. The second-order valence-corrected chi connectivity index (χ2v) is 8.04. The molecule has 9 heteroatoms. The van der Waals surface area contributed by atoms with E-state index in [2.05, 4.69) is 15.4 Å². The Balaban J connectivity index is 1.61. The molecule has 0 bridgehead atoms. The fourth-order valence-electron chi connectivity index (χ4n) is 2.84. The van der Waals surface area contributed by atoms with Gasteiger partial charge >= 0.3 is 0 Å². The zero-order valence-electron chi connectivity index (χ0n) is 17.2. The quantitative estimate of drug-likeness (QED) is 0.606. The molecule has 0 aliphatic heterocycles. The summed E-state index contributed by atoms with van der Waals surface area (Å²) in [5, 5.41) is 7.81. The van der Waals surface area contributed by atoms with Gasteiger partial charge in [0.05, 0.1) is 6.54 Å². The van der Waals surface area contributed by atoms with Crippen LogP contribution in [0.3, 0.4) is 0 Å². The summed E-state index contributed by atoms with van der Waals surface area (Å²) in [5.41, 5.74) is 2.72. The normalized spacial score (nSPS) is 10.9. The lowest BCUT2D eigenvalue weighted by atomic mass is 10.2. The van der Waals surface area contributed by atoms with Crippen molar-refractivity contribution in [1.29, 1.82) is 0 Å². The summed E-state index contributed by atoms with van der Waals surface area (Å²) in [5.74, 6) is -0.115. The molecule has 0 radical (unpaired) electrons. The fourth-order valence-corrected chi connectivity index (χ4v) is 3.72. The van der Waals surface area contributed by atoms with Crippen LogP contribution in [-0.4, -0.2) is 48.2 Å². The molecule has 8 nitrogen and oxygen atoms in total. The van der Waals surface area contributed by atoms with Gasteiger partial charge in [-0.2, -0.15) is 4.52 Å². The van der Waals surface area contributed by atoms with Crippen LogP contribution in [0.15, 0.2) is 35.1 Å². The molecule has 0 spiro atoms. The molecule has 1 aromatic carbocycles. The number of fused-ring (bicyclic) bond motifs is 1. The van der Waals surface area contributed by atoms with Crippen LogP contribution in [0.2, 0.25) is 0 Å². The molecule has 0 aliphatic rings. The van der Waals surface area contributed by atoms with Gasteiger partial charge in [-0.3, -0.25) is 9.59 Å². The monoisotopic (exact) mass is 414 g/mol. The van der Waals surface area contributed by atoms with Gasteiger partial charge < -0.3 is 15.1 Å². The minimum absolute atomic E-state index is 0.115. The Morgan fingerprint density at radius 2 is 1.93 bits per heavy atom. The molecule has 3 rings (SSSR count). The standard InChI is InChI=1S/C20H26N6O2S/c1-5-6-15-11-18(28)26-19(22-15)29-20(23-26)25(4)13-17(27)21-12-14-7-9-16(10-8-14)24(2)3/h7-11H,5-6,12-13H2,1-4H3,(H,21,27).